The molecule has 4 aromatic rings. The number of fused-ring (bicyclic) bond motifs is 13. The van der Waals surface area contributed by atoms with Crippen molar-refractivity contribution in [1.82, 2.24) is 0 Å². The lowest BCUT2D eigenvalue weighted by Crippen LogP contribution is -2.65. The van der Waals surface area contributed by atoms with Gasteiger partial charge in [-0.3, -0.25) is 0 Å². The van der Waals surface area contributed by atoms with Crippen molar-refractivity contribution in [2.45, 2.75) is 76.4 Å². The minimum atomic E-state index is -2.14. The molecule has 0 unspecified atom stereocenters. The molecule has 0 saturated carbocycles. The van der Waals surface area contributed by atoms with Crippen molar-refractivity contribution < 1.29 is 13.0 Å². The maximum absolute atomic E-state index is 7.23. The zero-order valence-electron chi connectivity index (χ0n) is 26.3. The van der Waals surface area contributed by atoms with Gasteiger partial charge in [0.05, 0.1) is 0 Å². The molecule has 216 valence electrons. The lowest BCUT2D eigenvalue weighted by molar-refractivity contribution is 0.0862. The van der Waals surface area contributed by atoms with Gasteiger partial charge in [-0.15, -0.1) is 0 Å². The summed E-state index contributed by atoms with van der Waals surface area (Å²) in [6, 6.07) is 23.5. The van der Waals surface area contributed by atoms with Gasteiger partial charge < -0.3 is 13.0 Å². The highest BCUT2D eigenvalue weighted by molar-refractivity contribution is 7.14. The van der Waals surface area contributed by atoms with E-state index in [4.69, 9.17) is 13.0 Å². The first-order chi connectivity index (χ1) is 20.3. The summed E-state index contributed by atoms with van der Waals surface area (Å²) in [6.45, 7) is 19.6. The summed E-state index contributed by atoms with van der Waals surface area (Å²) in [7, 11) is -8.47. The van der Waals surface area contributed by atoms with Crippen LogP contribution in [0.25, 0.3) is 0 Å². The molecule has 7 heteroatoms. The van der Waals surface area contributed by atoms with Crippen molar-refractivity contribution in [2.75, 3.05) is 0 Å². The van der Waals surface area contributed by atoms with Crippen LogP contribution in [0.15, 0.2) is 60.7 Å². The summed E-state index contributed by atoms with van der Waals surface area (Å²) < 4.78 is 21.7. The number of benzene rings is 4. The molecule has 2 atom stereocenters. The van der Waals surface area contributed by atoms with Crippen molar-refractivity contribution in [3.8, 4) is 0 Å². The Bertz CT molecular complexity index is 1820. The third-order valence-electron chi connectivity index (χ3n) is 11.5. The highest BCUT2D eigenvalue weighted by Gasteiger charge is 2.62. The van der Waals surface area contributed by atoms with Crippen molar-refractivity contribution in [3.63, 3.8) is 0 Å². The fourth-order valence-corrected chi connectivity index (χ4v) is 34.4. The van der Waals surface area contributed by atoms with Crippen LogP contribution in [0.2, 0.25) is 52.4 Å². The zero-order chi connectivity index (χ0) is 29.6. The fourth-order valence-electron chi connectivity index (χ4n) is 10.7. The molecule has 0 spiro atoms. The Hall–Kier alpha value is -2.37. The SMILES string of the molecule is C[Si]1(C)O[Si](C)(C)c2c1c1c(c3c2[Si](C)(C)O[Si]3(C)C)[C@H]2O[C@@H]1c1cc3c(cc12)C1c2ccccc2C3c2ccccc21. The molecule has 0 aromatic heterocycles. The molecule has 4 aliphatic heterocycles. The summed E-state index contributed by atoms with van der Waals surface area (Å²) in [5.74, 6) is 0.572. The van der Waals surface area contributed by atoms with Crippen molar-refractivity contribution in [2.24, 2.45) is 0 Å². The van der Waals surface area contributed by atoms with Crippen LogP contribution in [-0.2, 0) is 13.0 Å². The van der Waals surface area contributed by atoms with E-state index in [-0.39, 0.29) is 24.0 Å². The molecule has 4 aromatic carbocycles. The molecule has 0 fully saturated rings. The Morgan fingerprint density at radius 1 is 0.419 bits per heavy atom. The Kier molecular flexibility index (Phi) is 4.53. The van der Waals surface area contributed by atoms with Crippen LogP contribution < -0.4 is 20.7 Å². The first kappa shape index (κ1) is 25.9. The van der Waals surface area contributed by atoms with Gasteiger partial charge in [0.1, 0.15) is 12.2 Å². The largest absolute Gasteiger partial charge is 0.449 e. The Morgan fingerprint density at radius 3 is 1.09 bits per heavy atom. The van der Waals surface area contributed by atoms with Crippen LogP contribution in [0, 0.1) is 0 Å². The molecule has 0 amide bonds. The molecular weight excluding hydrogens is 593 g/mol. The Labute approximate surface area is 258 Å². The molecule has 7 aliphatic rings. The van der Waals surface area contributed by atoms with Crippen LogP contribution in [0.1, 0.15) is 79.7 Å². The maximum Gasteiger partial charge on any atom is 0.206 e. The second-order valence-electron chi connectivity index (χ2n) is 15.7. The summed E-state index contributed by atoms with van der Waals surface area (Å²) >= 11 is 0. The van der Waals surface area contributed by atoms with E-state index in [9.17, 15) is 0 Å². The molecule has 3 aliphatic carbocycles. The quantitative estimate of drug-likeness (QED) is 0.196. The predicted molar refractivity (Wildman–Crippen MR) is 183 cm³/mol. The van der Waals surface area contributed by atoms with Gasteiger partial charge in [-0.1, -0.05) is 60.7 Å². The summed E-state index contributed by atoms with van der Waals surface area (Å²) in [4.78, 5) is 0. The average molecular weight is 631 g/mol. The highest BCUT2D eigenvalue weighted by Crippen LogP contribution is 2.60. The molecule has 0 N–H and O–H groups in total. The minimum Gasteiger partial charge on any atom is -0.449 e. The van der Waals surface area contributed by atoms with Crippen LogP contribution in [0.3, 0.4) is 0 Å². The highest BCUT2D eigenvalue weighted by atomic mass is 28.4. The van der Waals surface area contributed by atoms with Gasteiger partial charge >= 0.3 is 0 Å². The van der Waals surface area contributed by atoms with E-state index < -0.39 is 33.3 Å². The first-order valence-corrected chi connectivity index (χ1v) is 27.6. The molecule has 4 bridgehead atoms. The topological polar surface area (TPSA) is 27.7 Å². The molecule has 43 heavy (non-hydrogen) atoms. The fraction of sp³-hybridized carbons (Fsp3) is 0.333. The molecular formula is C36H38O3Si4. The number of hydrogen-bond acceptors (Lipinski definition) is 3. The third kappa shape index (κ3) is 2.88. The van der Waals surface area contributed by atoms with Crippen LogP contribution in [-0.4, -0.2) is 33.3 Å². The Balaban J connectivity index is 1.27. The normalized spacial score (nSPS) is 28.9. The molecule has 0 saturated heterocycles. The van der Waals surface area contributed by atoms with Gasteiger partial charge in [0, 0.05) is 11.8 Å². The first-order valence-electron chi connectivity index (χ1n) is 16.0. The van der Waals surface area contributed by atoms with E-state index in [0.29, 0.717) is 0 Å². The lowest BCUT2D eigenvalue weighted by Gasteiger charge is -2.43. The molecule has 0 radical (unpaired) electrons. The van der Waals surface area contributed by atoms with Gasteiger partial charge in [0.25, 0.3) is 0 Å². The molecule has 11 rings (SSSR count). The van der Waals surface area contributed by atoms with E-state index in [1.807, 2.05) is 0 Å². The molecule has 4 heterocycles. The predicted octanol–water partition coefficient (Wildman–Crippen LogP) is 5.91. The second kappa shape index (κ2) is 7.53. The van der Waals surface area contributed by atoms with Crippen LogP contribution in [0.4, 0.5) is 0 Å². The van der Waals surface area contributed by atoms with E-state index in [1.165, 1.54) is 55.6 Å². The zero-order valence-corrected chi connectivity index (χ0v) is 30.3. The number of ether oxygens (including phenoxy) is 1. The standard InChI is InChI=1S/C36H38O3Si4/c1-40(2)33-29-30(34-36(35(33)42(5,6)38-40)43(7,8)39-41(34,3)4)32-26-18-24-23(17-25(26)31(29)37-32)27-19-13-9-11-15-21(19)28(24)22-16-12-10-14-20(22)27/h9-18,27-28,31-32H,1-8H3/t27?,28?,31-,32+. The third-order valence-corrected chi connectivity index (χ3v) is 27.3. The van der Waals surface area contributed by atoms with Gasteiger partial charge in [0.2, 0.25) is 33.3 Å². The van der Waals surface area contributed by atoms with E-state index in [0.717, 1.165) is 0 Å². The maximum atomic E-state index is 7.23. The van der Waals surface area contributed by atoms with E-state index >= 15 is 0 Å². The van der Waals surface area contributed by atoms with E-state index in [2.05, 4.69) is 113 Å². The summed E-state index contributed by atoms with van der Waals surface area (Å²) in [5, 5.41) is 6.40. The van der Waals surface area contributed by atoms with Crippen molar-refractivity contribution >= 4 is 54.0 Å². The second-order valence-corrected chi connectivity index (χ2v) is 31.4. The Morgan fingerprint density at radius 2 is 0.744 bits per heavy atom. The smallest absolute Gasteiger partial charge is 0.206 e. The number of hydrogen-bond donors (Lipinski definition) is 0. The monoisotopic (exact) mass is 630 g/mol. The summed E-state index contributed by atoms with van der Waals surface area (Å²) in [5.41, 5.74) is 14.7. The van der Waals surface area contributed by atoms with Gasteiger partial charge in [-0.2, -0.15) is 0 Å². The minimum absolute atomic E-state index is 0.00116. The van der Waals surface area contributed by atoms with Crippen LogP contribution >= 0.6 is 0 Å². The van der Waals surface area contributed by atoms with Crippen LogP contribution in [0.5, 0.6) is 0 Å². The van der Waals surface area contributed by atoms with Gasteiger partial charge in [0.15, 0.2) is 0 Å². The van der Waals surface area contributed by atoms with Gasteiger partial charge in [-0.05, 0) is 129 Å². The lowest BCUT2D eigenvalue weighted by atomic mass is 9.60. The van der Waals surface area contributed by atoms with E-state index in [1.54, 1.807) is 20.7 Å². The molecule has 3 nitrogen and oxygen atoms in total. The average Bonchev–Trinajstić information content (AvgIpc) is 3.60. The van der Waals surface area contributed by atoms with Crippen molar-refractivity contribution in [3.05, 3.63) is 116 Å². The number of rotatable bonds is 0. The summed E-state index contributed by atoms with van der Waals surface area (Å²) in [6.07, 6.45) is -0.00232. The van der Waals surface area contributed by atoms with Crippen molar-refractivity contribution in [1.29, 1.82) is 0 Å². The van der Waals surface area contributed by atoms with Gasteiger partial charge in [-0.25, -0.2) is 0 Å².